The van der Waals surface area contributed by atoms with E-state index in [1.54, 1.807) is 13.8 Å². The number of H-pyrrole nitrogens is 1. The molecule has 2 rings (SSSR count). The Labute approximate surface area is 129 Å². The normalized spacial score (nSPS) is 11.5. The average Bonchev–Trinajstić information content (AvgIpc) is 2.47. The highest BCUT2D eigenvalue weighted by atomic mass is 19.4. The highest BCUT2D eigenvalue weighted by molar-refractivity contribution is 5.97. The van der Waals surface area contributed by atoms with Gasteiger partial charge < -0.3 is 14.6 Å². The number of carbonyl (C=O) groups excluding carboxylic acids is 1. The molecule has 0 bridgehead atoms. The lowest BCUT2D eigenvalue weighted by Gasteiger charge is -2.18. The van der Waals surface area contributed by atoms with Gasteiger partial charge in [0, 0.05) is 30.2 Å². The van der Waals surface area contributed by atoms with E-state index in [1.807, 2.05) is 0 Å². The number of nitrogens with one attached hydrogen (secondary N) is 1. The number of hydrogen-bond donors (Lipinski definition) is 1. The Balaban J connectivity index is 2.52. The van der Waals surface area contributed by atoms with Crippen molar-refractivity contribution in [3.05, 3.63) is 40.2 Å². The molecular formula is C15H15F3N2O3. The number of nitrogens with zero attached hydrogens (tertiary/aromatic N) is 1. The number of carbonyl (C=O) groups is 1. The molecule has 0 aliphatic carbocycles. The number of pyridine rings is 1. The van der Waals surface area contributed by atoms with E-state index in [4.69, 9.17) is 0 Å². The molecule has 1 N–H and O–H groups in total. The van der Waals surface area contributed by atoms with E-state index in [0.717, 1.165) is 12.1 Å². The maximum Gasteiger partial charge on any atom is 0.573 e. The quantitative estimate of drug-likeness (QED) is 0.939. The van der Waals surface area contributed by atoms with Gasteiger partial charge in [0.25, 0.3) is 5.91 Å². The Kier molecular flexibility index (Phi) is 4.63. The molecule has 8 heteroatoms. The van der Waals surface area contributed by atoms with E-state index in [2.05, 4.69) is 9.72 Å². The standard InChI is InChI=1S/C15H15F3N2O3/c1-3-20(4-2)14(22)11-8-19-12-6-5-9(23-15(16,17)18)7-10(12)13(11)21/h5-8H,3-4H2,1-2H3,(H,19,21). The monoisotopic (exact) mass is 328 g/mol. The van der Waals surface area contributed by atoms with Gasteiger partial charge in [-0.1, -0.05) is 0 Å². The maximum atomic E-state index is 12.4. The second kappa shape index (κ2) is 6.31. The van der Waals surface area contributed by atoms with Gasteiger partial charge in [-0.3, -0.25) is 9.59 Å². The average molecular weight is 328 g/mol. The van der Waals surface area contributed by atoms with Crippen molar-refractivity contribution in [3.63, 3.8) is 0 Å². The Morgan fingerprint density at radius 2 is 1.91 bits per heavy atom. The van der Waals surface area contributed by atoms with Crippen molar-refractivity contribution in [2.45, 2.75) is 20.2 Å². The molecule has 0 fully saturated rings. The van der Waals surface area contributed by atoms with Gasteiger partial charge >= 0.3 is 6.36 Å². The topological polar surface area (TPSA) is 62.4 Å². The molecule has 1 aromatic carbocycles. The number of amides is 1. The van der Waals surface area contributed by atoms with Crippen LogP contribution in [0.4, 0.5) is 13.2 Å². The van der Waals surface area contributed by atoms with Gasteiger partial charge in [-0.25, -0.2) is 0 Å². The van der Waals surface area contributed by atoms with Crippen molar-refractivity contribution in [3.8, 4) is 5.75 Å². The first kappa shape index (κ1) is 16.9. The summed E-state index contributed by atoms with van der Waals surface area (Å²) >= 11 is 0. The molecule has 0 radical (unpaired) electrons. The number of alkyl halides is 3. The fourth-order valence-electron chi connectivity index (χ4n) is 2.23. The summed E-state index contributed by atoms with van der Waals surface area (Å²) in [5.41, 5.74) is -0.436. The Morgan fingerprint density at radius 3 is 2.48 bits per heavy atom. The van der Waals surface area contributed by atoms with Gasteiger partial charge in [0.05, 0.1) is 0 Å². The Morgan fingerprint density at radius 1 is 1.26 bits per heavy atom. The number of ether oxygens (including phenoxy) is 1. The molecule has 23 heavy (non-hydrogen) atoms. The summed E-state index contributed by atoms with van der Waals surface area (Å²) in [6.07, 6.45) is -3.58. The van der Waals surface area contributed by atoms with Crippen LogP contribution in [0.15, 0.2) is 29.2 Å². The summed E-state index contributed by atoms with van der Waals surface area (Å²) in [5, 5.41) is -0.0373. The van der Waals surface area contributed by atoms with Crippen molar-refractivity contribution in [1.82, 2.24) is 9.88 Å². The van der Waals surface area contributed by atoms with Crippen LogP contribution in [0.1, 0.15) is 24.2 Å². The first-order valence-corrected chi connectivity index (χ1v) is 6.97. The van der Waals surface area contributed by atoms with Gasteiger partial charge in [0.1, 0.15) is 11.3 Å². The van der Waals surface area contributed by atoms with Crippen LogP contribution in [0.2, 0.25) is 0 Å². The van der Waals surface area contributed by atoms with Gasteiger partial charge in [-0.2, -0.15) is 0 Å². The van der Waals surface area contributed by atoms with Gasteiger partial charge in [0.2, 0.25) is 5.43 Å². The van der Waals surface area contributed by atoms with Gasteiger partial charge in [0.15, 0.2) is 0 Å². The molecule has 0 aliphatic heterocycles. The van der Waals surface area contributed by atoms with E-state index in [-0.39, 0.29) is 10.9 Å². The minimum Gasteiger partial charge on any atom is -0.406 e. The highest BCUT2D eigenvalue weighted by Gasteiger charge is 2.31. The summed E-state index contributed by atoms with van der Waals surface area (Å²) in [7, 11) is 0. The zero-order valence-corrected chi connectivity index (χ0v) is 12.5. The predicted molar refractivity (Wildman–Crippen MR) is 78.5 cm³/mol. The molecule has 0 saturated carbocycles. The minimum atomic E-state index is -4.85. The highest BCUT2D eigenvalue weighted by Crippen LogP contribution is 2.24. The summed E-state index contributed by atoms with van der Waals surface area (Å²) < 4.78 is 40.6. The number of hydrogen-bond acceptors (Lipinski definition) is 3. The SMILES string of the molecule is CCN(CC)C(=O)c1c[nH]c2ccc(OC(F)(F)F)cc2c1=O. The lowest BCUT2D eigenvalue weighted by Crippen LogP contribution is -2.34. The number of aromatic amines is 1. The van der Waals surface area contributed by atoms with E-state index in [9.17, 15) is 22.8 Å². The summed E-state index contributed by atoms with van der Waals surface area (Å²) in [5.74, 6) is -0.983. The summed E-state index contributed by atoms with van der Waals surface area (Å²) in [6, 6.07) is 3.36. The number of fused-ring (bicyclic) bond motifs is 1. The van der Waals surface area contributed by atoms with Crippen molar-refractivity contribution in [2.75, 3.05) is 13.1 Å². The van der Waals surface area contributed by atoms with Crippen LogP contribution in [0.3, 0.4) is 0 Å². The van der Waals surface area contributed by atoms with E-state index < -0.39 is 23.4 Å². The molecule has 5 nitrogen and oxygen atoms in total. The van der Waals surface area contributed by atoms with Crippen molar-refractivity contribution < 1.29 is 22.7 Å². The second-order valence-corrected chi connectivity index (χ2v) is 4.76. The van der Waals surface area contributed by atoms with Crippen LogP contribution in [0, 0.1) is 0 Å². The molecule has 0 unspecified atom stereocenters. The number of rotatable bonds is 4. The first-order chi connectivity index (χ1) is 10.8. The first-order valence-electron chi connectivity index (χ1n) is 6.97. The number of halogens is 3. The molecule has 2 aromatic rings. The molecule has 0 aliphatic rings. The van der Waals surface area contributed by atoms with Crippen LogP contribution in [0.5, 0.6) is 5.75 Å². The zero-order chi connectivity index (χ0) is 17.2. The number of benzene rings is 1. The molecule has 1 amide bonds. The molecule has 124 valence electrons. The zero-order valence-electron chi connectivity index (χ0n) is 12.5. The van der Waals surface area contributed by atoms with Crippen molar-refractivity contribution >= 4 is 16.8 Å². The predicted octanol–water partition coefficient (Wildman–Crippen LogP) is 2.91. The molecule has 0 spiro atoms. The molecule has 0 atom stereocenters. The van der Waals surface area contributed by atoms with Crippen LogP contribution >= 0.6 is 0 Å². The van der Waals surface area contributed by atoms with Gasteiger partial charge in [-0.15, -0.1) is 13.2 Å². The van der Waals surface area contributed by atoms with Gasteiger partial charge in [-0.05, 0) is 32.0 Å². The fraction of sp³-hybridized carbons (Fsp3) is 0.333. The lowest BCUT2D eigenvalue weighted by atomic mass is 10.1. The minimum absolute atomic E-state index is 0.0373. The third kappa shape index (κ3) is 3.64. The molecule has 1 heterocycles. The molecule has 1 aromatic heterocycles. The molecular weight excluding hydrogens is 313 g/mol. The lowest BCUT2D eigenvalue weighted by molar-refractivity contribution is -0.274. The van der Waals surface area contributed by atoms with Crippen LogP contribution in [-0.4, -0.2) is 35.2 Å². The van der Waals surface area contributed by atoms with Crippen LogP contribution in [0.25, 0.3) is 10.9 Å². The Hall–Kier alpha value is -2.51. The largest absolute Gasteiger partial charge is 0.573 e. The van der Waals surface area contributed by atoms with Crippen molar-refractivity contribution in [1.29, 1.82) is 0 Å². The van der Waals surface area contributed by atoms with E-state index in [0.29, 0.717) is 18.6 Å². The second-order valence-electron chi connectivity index (χ2n) is 4.76. The smallest absolute Gasteiger partial charge is 0.406 e. The van der Waals surface area contributed by atoms with Crippen LogP contribution in [-0.2, 0) is 0 Å². The maximum absolute atomic E-state index is 12.4. The summed E-state index contributed by atoms with van der Waals surface area (Å²) in [4.78, 5) is 28.9. The van der Waals surface area contributed by atoms with Crippen LogP contribution < -0.4 is 10.2 Å². The third-order valence-corrected chi connectivity index (χ3v) is 3.37. The molecule has 0 saturated heterocycles. The fourth-order valence-corrected chi connectivity index (χ4v) is 2.23. The summed E-state index contributed by atoms with van der Waals surface area (Å²) in [6.45, 7) is 4.38. The van der Waals surface area contributed by atoms with E-state index >= 15 is 0 Å². The van der Waals surface area contributed by atoms with Crippen molar-refractivity contribution in [2.24, 2.45) is 0 Å². The Bertz CT molecular complexity index is 780. The van der Waals surface area contributed by atoms with E-state index in [1.165, 1.54) is 17.2 Å². The number of aromatic nitrogens is 1. The third-order valence-electron chi connectivity index (χ3n) is 3.37.